The van der Waals surface area contributed by atoms with Gasteiger partial charge in [-0.15, -0.1) is 0 Å². The Labute approximate surface area is 84.0 Å². The van der Waals surface area contributed by atoms with Gasteiger partial charge in [-0.25, -0.2) is 0 Å². The molecule has 14 heavy (non-hydrogen) atoms. The van der Waals surface area contributed by atoms with Gasteiger partial charge in [0.1, 0.15) is 5.75 Å². The van der Waals surface area contributed by atoms with Crippen LogP contribution in [0.15, 0.2) is 24.3 Å². The summed E-state index contributed by atoms with van der Waals surface area (Å²) in [5, 5.41) is 12.6. The molecular weight excluding hydrogens is 174 g/mol. The van der Waals surface area contributed by atoms with Crippen molar-refractivity contribution in [2.45, 2.75) is 18.8 Å². The molecule has 1 saturated carbocycles. The number of rotatable bonds is 1. The van der Waals surface area contributed by atoms with Gasteiger partial charge in [-0.1, -0.05) is 12.1 Å². The maximum absolute atomic E-state index is 9.20. The largest absolute Gasteiger partial charge is 0.508 e. The second-order valence-corrected chi connectivity index (χ2v) is 4.64. The number of benzene rings is 1. The van der Waals surface area contributed by atoms with E-state index in [9.17, 15) is 5.11 Å². The summed E-state index contributed by atoms with van der Waals surface area (Å²) in [4.78, 5) is 0. The maximum atomic E-state index is 9.20. The molecule has 2 heteroatoms. The second kappa shape index (κ2) is 2.74. The lowest BCUT2D eigenvalue weighted by Gasteiger charge is -2.07. The summed E-state index contributed by atoms with van der Waals surface area (Å²) in [6, 6.07) is 7.72. The normalized spacial score (nSPS) is 35.0. The zero-order chi connectivity index (χ0) is 9.60. The zero-order valence-electron chi connectivity index (χ0n) is 8.16. The van der Waals surface area contributed by atoms with E-state index in [2.05, 4.69) is 17.4 Å². The summed E-state index contributed by atoms with van der Waals surface area (Å²) < 4.78 is 0. The van der Waals surface area contributed by atoms with Crippen molar-refractivity contribution in [2.24, 2.45) is 5.41 Å². The van der Waals surface area contributed by atoms with E-state index in [1.165, 1.54) is 31.5 Å². The van der Waals surface area contributed by atoms with Crippen molar-refractivity contribution >= 4 is 0 Å². The average molecular weight is 189 g/mol. The lowest BCUT2D eigenvalue weighted by Crippen LogP contribution is -2.10. The van der Waals surface area contributed by atoms with Crippen LogP contribution in [0.4, 0.5) is 0 Å². The molecule has 2 N–H and O–H groups in total. The number of aromatic hydroxyl groups is 1. The van der Waals surface area contributed by atoms with Crippen molar-refractivity contribution in [1.29, 1.82) is 0 Å². The van der Waals surface area contributed by atoms with Gasteiger partial charge in [0.05, 0.1) is 0 Å². The van der Waals surface area contributed by atoms with E-state index in [1.807, 2.05) is 0 Å². The average Bonchev–Trinajstić information content (AvgIpc) is 2.68. The third-order valence-corrected chi connectivity index (χ3v) is 3.76. The Hall–Kier alpha value is -1.02. The third-order valence-electron chi connectivity index (χ3n) is 3.76. The van der Waals surface area contributed by atoms with Gasteiger partial charge in [-0.3, -0.25) is 0 Å². The van der Waals surface area contributed by atoms with Gasteiger partial charge in [0.25, 0.3) is 0 Å². The minimum atomic E-state index is 0.369. The van der Waals surface area contributed by atoms with Gasteiger partial charge in [0.15, 0.2) is 0 Å². The van der Waals surface area contributed by atoms with Crippen LogP contribution in [0.5, 0.6) is 5.75 Å². The lowest BCUT2D eigenvalue weighted by atomic mass is 9.98. The van der Waals surface area contributed by atoms with Crippen molar-refractivity contribution in [2.75, 3.05) is 13.1 Å². The summed E-state index contributed by atoms with van der Waals surface area (Å²) in [6.45, 7) is 2.35. The molecule has 0 bridgehead atoms. The van der Waals surface area contributed by atoms with Gasteiger partial charge in [-0.2, -0.15) is 0 Å². The van der Waals surface area contributed by atoms with Crippen LogP contribution >= 0.6 is 0 Å². The molecule has 1 aliphatic carbocycles. The molecular formula is C12H15NO. The highest BCUT2D eigenvalue weighted by Crippen LogP contribution is 2.62. The number of hydrogen-bond donors (Lipinski definition) is 2. The predicted octanol–water partition coefficient (Wildman–Crippen LogP) is 1.86. The molecule has 1 spiro atoms. The lowest BCUT2D eigenvalue weighted by molar-refractivity contribution is 0.474. The Morgan fingerprint density at radius 1 is 1.29 bits per heavy atom. The molecule has 0 aromatic heterocycles. The first-order valence-electron chi connectivity index (χ1n) is 5.30. The molecule has 1 aromatic carbocycles. The molecule has 0 radical (unpaired) electrons. The standard InChI is InChI=1S/C12H15NO/c14-10-3-1-9(2-4-10)11-7-12(11)5-6-13-8-12/h1-4,11,13-14H,5-8H2. The summed E-state index contributed by atoms with van der Waals surface area (Å²) >= 11 is 0. The molecule has 2 atom stereocenters. The predicted molar refractivity (Wildman–Crippen MR) is 55.4 cm³/mol. The van der Waals surface area contributed by atoms with Crippen LogP contribution in [0.1, 0.15) is 24.3 Å². The number of hydrogen-bond acceptors (Lipinski definition) is 2. The molecule has 2 nitrogen and oxygen atoms in total. The van der Waals surface area contributed by atoms with Crippen LogP contribution in [-0.4, -0.2) is 18.2 Å². The fourth-order valence-electron chi connectivity index (χ4n) is 2.76. The van der Waals surface area contributed by atoms with Gasteiger partial charge >= 0.3 is 0 Å². The first kappa shape index (κ1) is 8.30. The molecule has 0 amide bonds. The van der Waals surface area contributed by atoms with E-state index in [4.69, 9.17) is 0 Å². The first-order chi connectivity index (χ1) is 6.80. The smallest absolute Gasteiger partial charge is 0.115 e. The highest BCUT2D eigenvalue weighted by atomic mass is 16.3. The van der Waals surface area contributed by atoms with E-state index < -0.39 is 0 Å². The van der Waals surface area contributed by atoms with Crippen LogP contribution in [0.25, 0.3) is 0 Å². The van der Waals surface area contributed by atoms with Crippen molar-refractivity contribution in [1.82, 2.24) is 5.32 Å². The van der Waals surface area contributed by atoms with Crippen LogP contribution in [0.2, 0.25) is 0 Å². The topological polar surface area (TPSA) is 32.3 Å². The summed E-state index contributed by atoms with van der Waals surface area (Å²) in [5.74, 6) is 1.10. The van der Waals surface area contributed by atoms with Gasteiger partial charge in [0.2, 0.25) is 0 Å². The fourth-order valence-corrected chi connectivity index (χ4v) is 2.76. The van der Waals surface area contributed by atoms with Crippen LogP contribution < -0.4 is 5.32 Å². The van der Waals surface area contributed by atoms with E-state index in [-0.39, 0.29) is 0 Å². The molecule has 1 heterocycles. The van der Waals surface area contributed by atoms with Gasteiger partial charge < -0.3 is 10.4 Å². The van der Waals surface area contributed by atoms with Crippen molar-refractivity contribution in [3.8, 4) is 5.75 Å². The van der Waals surface area contributed by atoms with Gasteiger partial charge in [-0.05, 0) is 48.4 Å². The Balaban J connectivity index is 1.82. The SMILES string of the molecule is Oc1ccc(C2CC23CCNC3)cc1. The van der Waals surface area contributed by atoms with Crippen molar-refractivity contribution in [3.05, 3.63) is 29.8 Å². The molecule has 74 valence electrons. The van der Waals surface area contributed by atoms with E-state index >= 15 is 0 Å². The van der Waals surface area contributed by atoms with Crippen molar-refractivity contribution < 1.29 is 5.11 Å². The highest BCUT2D eigenvalue weighted by molar-refractivity contribution is 5.35. The van der Waals surface area contributed by atoms with Crippen LogP contribution in [0.3, 0.4) is 0 Å². The highest BCUT2D eigenvalue weighted by Gasteiger charge is 2.55. The van der Waals surface area contributed by atoms with Crippen LogP contribution in [-0.2, 0) is 0 Å². The second-order valence-electron chi connectivity index (χ2n) is 4.64. The third kappa shape index (κ3) is 1.14. The van der Waals surface area contributed by atoms with Crippen LogP contribution in [0, 0.1) is 5.41 Å². The Morgan fingerprint density at radius 2 is 2.07 bits per heavy atom. The number of nitrogens with one attached hydrogen (secondary N) is 1. The minimum absolute atomic E-state index is 0.369. The molecule has 2 aliphatic rings. The van der Waals surface area contributed by atoms with Gasteiger partial charge in [0, 0.05) is 6.54 Å². The molecule has 1 aliphatic heterocycles. The summed E-state index contributed by atoms with van der Waals surface area (Å²) in [7, 11) is 0. The molecule has 1 saturated heterocycles. The minimum Gasteiger partial charge on any atom is -0.508 e. The van der Waals surface area contributed by atoms with E-state index in [0.717, 1.165) is 5.92 Å². The number of phenols is 1. The fraction of sp³-hybridized carbons (Fsp3) is 0.500. The first-order valence-corrected chi connectivity index (χ1v) is 5.30. The maximum Gasteiger partial charge on any atom is 0.115 e. The molecule has 1 aromatic rings. The Bertz CT molecular complexity index is 338. The Kier molecular flexibility index (Phi) is 1.62. The summed E-state index contributed by atoms with van der Waals surface area (Å²) in [5.41, 5.74) is 1.96. The quantitative estimate of drug-likeness (QED) is 0.706. The molecule has 3 rings (SSSR count). The zero-order valence-corrected chi connectivity index (χ0v) is 8.16. The monoisotopic (exact) mass is 189 g/mol. The molecule has 2 unspecified atom stereocenters. The summed E-state index contributed by atoms with van der Waals surface area (Å²) in [6.07, 6.45) is 2.64. The van der Waals surface area contributed by atoms with E-state index in [0.29, 0.717) is 11.2 Å². The Morgan fingerprint density at radius 3 is 2.71 bits per heavy atom. The van der Waals surface area contributed by atoms with E-state index in [1.54, 1.807) is 12.1 Å². The number of phenolic OH excluding ortho intramolecular Hbond substituents is 1. The molecule has 2 fully saturated rings. The van der Waals surface area contributed by atoms with Crippen molar-refractivity contribution in [3.63, 3.8) is 0 Å².